The molecule has 0 aliphatic heterocycles. The third-order valence-corrected chi connectivity index (χ3v) is 4.77. The average molecular weight is 382 g/mol. The summed E-state index contributed by atoms with van der Waals surface area (Å²) in [5, 5.41) is 0.128. The molecule has 0 aromatic heterocycles. The summed E-state index contributed by atoms with van der Waals surface area (Å²) >= 11 is 11.6. The molecule has 0 bridgehead atoms. The van der Waals surface area contributed by atoms with Crippen molar-refractivity contribution in [2.24, 2.45) is 0 Å². The second-order valence-corrected chi connectivity index (χ2v) is 7.06. The molecular formula is C14H11Cl2F2NO3S. The minimum atomic E-state index is -3.96. The summed E-state index contributed by atoms with van der Waals surface area (Å²) < 4.78 is 55.6. The number of aryl methyl sites for hydroxylation is 1. The van der Waals surface area contributed by atoms with Crippen molar-refractivity contribution in [1.82, 2.24) is 0 Å². The van der Waals surface area contributed by atoms with Gasteiger partial charge in [-0.05, 0) is 42.8 Å². The number of benzene rings is 2. The number of ether oxygens (including phenoxy) is 1. The van der Waals surface area contributed by atoms with E-state index in [0.29, 0.717) is 16.3 Å². The zero-order valence-electron chi connectivity index (χ0n) is 11.7. The molecule has 4 nitrogen and oxygen atoms in total. The zero-order valence-corrected chi connectivity index (χ0v) is 14.0. The summed E-state index contributed by atoms with van der Waals surface area (Å²) in [5.41, 5.74) is 0.975. The molecule has 23 heavy (non-hydrogen) atoms. The smallest absolute Gasteiger partial charge is 0.387 e. The molecule has 0 amide bonds. The van der Waals surface area contributed by atoms with Gasteiger partial charge in [0.1, 0.15) is 5.75 Å². The van der Waals surface area contributed by atoms with E-state index in [0.717, 1.165) is 18.2 Å². The molecule has 9 heteroatoms. The van der Waals surface area contributed by atoms with Crippen LogP contribution >= 0.6 is 23.2 Å². The van der Waals surface area contributed by atoms with Gasteiger partial charge in [0.25, 0.3) is 10.0 Å². The lowest BCUT2D eigenvalue weighted by molar-refractivity contribution is -0.0498. The predicted octanol–water partition coefficient (Wildman–Crippen LogP) is 4.70. The van der Waals surface area contributed by atoms with Crippen LogP contribution in [0.1, 0.15) is 5.56 Å². The lowest BCUT2D eigenvalue weighted by Crippen LogP contribution is -2.14. The first-order valence-corrected chi connectivity index (χ1v) is 8.46. The Bertz CT molecular complexity index is 829. The second kappa shape index (κ2) is 6.90. The van der Waals surface area contributed by atoms with E-state index in [1.807, 2.05) is 0 Å². The fourth-order valence-electron chi connectivity index (χ4n) is 1.75. The second-order valence-electron chi connectivity index (χ2n) is 4.54. The number of sulfonamides is 1. The van der Waals surface area contributed by atoms with Crippen molar-refractivity contribution in [2.75, 3.05) is 4.72 Å². The van der Waals surface area contributed by atoms with Crippen LogP contribution in [-0.2, 0) is 10.0 Å². The van der Waals surface area contributed by atoms with Crippen molar-refractivity contribution < 1.29 is 21.9 Å². The van der Waals surface area contributed by atoms with E-state index in [4.69, 9.17) is 23.2 Å². The van der Waals surface area contributed by atoms with Crippen LogP contribution in [0.15, 0.2) is 41.3 Å². The van der Waals surface area contributed by atoms with Crippen LogP contribution in [0.2, 0.25) is 10.0 Å². The van der Waals surface area contributed by atoms with Gasteiger partial charge in [0, 0.05) is 5.02 Å². The molecule has 0 radical (unpaired) electrons. The topological polar surface area (TPSA) is 55.4 Å². The van der Waals surface area contributed by atoms with E-state index < -0.39 is 16.6 Å². The number of hydrogen-bond acceptors (Lipinski definition) is 3. The molecule has 2 aromatic rings. The van der Waals surface area contributed by atoms with Gasteiger partial charge in [0.15, 0.2) is 0 Å². The molecule has 124 valence electrons. The number of halogens is 4. The van der Waals surface area contributed by atoms with Crippen LogP contribution < -0.4 is 9.46 Å². The van der Waals surface area contributed by atoms with Crippen molar-refractivity contribution in [3.63, 3.8) is 0 Å². The first-order valence-electron chi connectivity index (χ1n) is 6.22. The molecule has 0 spiro atoms. The highest BCUT2D eigenvalue weighted by Gasteiger charge is 2.18. The van der Waals surface area contributed by atoms with Crippen LogP contribution in [0, 0.1) is 6.92 Å². The molecule has 0 atom stereocenters. The molecule has 0 saturated heterocycles. The summed E-state index contributed by atoms with van der Waals surface area (Å²) in [6, 6.07) is 7.96. The molecule has 0 aliphatic rings. The molecular weight excluding hydrogens is 371 g/mol. The van der Waals surface area contributed by atoms with Crippen molar-refractivity contribution in [3.05, 3.63) is 52.0 Å². The Hall–Kier alpha value is -1.57. The van der Waals surface area contributed by atoms with Gasteiger partial charge in [-0.15, -0.1) is 0 Å². The van der Waals surface area contributed by atoms with Crippen molar-refractivity contribution in [3.8, 4) is 5.75 Å². The number of alkyl halides is 2. The molecule has 2 rings (SSSR count). The maximum Gasteiger partial charge on any atom is 0.387 e. The van der Waals surface area contributed by atoms with Gasteiger partial charge in [-0.1, -0.05) is 29.3 Å². The molecule has 0 aliphatic carbocycles. The van der Waals surface area contributed by atoms with Crippen molar-refractivity contribution in [2.45, 2.75) is 18.4 Å². The maximum atomic E-state index is 12.3. The normalized spacial score (nSPS) is 11.6. The van der Waals surface area contributed by atoms with Gasteiger partial charge in [-0.3, -0.25) is 4.72 Å². The highest BCUT2D eigenvalue weighted by atomic mass is 35.5. The Balaban J connectivity index is 2.33. The van der Waals surface area contributed by atoms with Crippen molar-refractivity contribution >= 4 is 38.9 Å². The van der Waals surface area contributed by atoms with Crippen LogP contribution in [0.25, 0.3) is 0 Å². The Morgan fingerprint density at radius 1 is 1.13 bits per heavy atom. The molecule has 0 heterocycles. The highest BCUT2D eigenvalue weighted by molar-refractivity contribution is 7.92. The molecule has 0 fully saturated rings. The quantitative estimate of drug-likeness (QED) is 0.815. The lowest BCUT2D eigenvalue weighted by atomic mass is 10.2. The number of hydrogen-bond donors (Lipinski definition) is 1. The van der Waals surface area contributed by atoms with Gasteiger partial charge in [-0.2, -0.15) is 8.78 Å². The fraction of sp³-hybridized carbons (Fsp3) is 0.143. The van der Waals surface area contributed by atoms with E-state index in [9.17, 15) is 17.2 Å². The van der Waals surface area contributed by atoms with Crippen LogP contribution in [-0.4, -0.2) is 15.0 Å². The van der Waals surface area contributed by atoms with Gasteiger partial charge >= 0.3 is 6.61 Å². The van der Waals surface area contributed by atoms with E-state index in [1.54, 1.807) is 19.1 Å². The number of nitrogens with one attached hydrogen (secondary N) is 1. The molecule has 0 saturated carbocycles. The largest absolute Gasteiger partial charge is 0.433 e. The van der Waals surface area contributed by atoms with Gasteiger partial charge in [-0.25, -0.2) is 8.42 Å². The standard InChI is InChI=1S/C14H11Cl2F2NO3S/c1-8-2-3-9(15)6-12(8)19-23(20,21)10-4-5-13(11(16)7-10)22-14(17)18/h2-7,14,19H,1H3. The molecule has 2 aromatic carbocycles. The minimum absolute atomic E-state index is 0.191. The van der Waals surface area contributed by atoms with Crippen LogP contribution in [0.4, 0.5) is 14.5 Å². The maximum absolute atomic E-state index is 12.3. The van der Waals surface area contributed by atoms with E-state index in [2.05, 4.69) is 9.46 Å². The Morgan fingerprint density at radius 3 is 2.43 bits per heavy atom. The van der Waals surface area contributed by atoms with Crippen LogP contribution in [0.3, 0.4) is 0 Å². The Morgan fingerprint density at radius 2 is 1.83 bits per heavy atom. The van der Waals surface area contributed by atoms with E-state index in [1.165, 1.54) is 6.07 Å². The third kappa shape index (κ3) is 4.46. The van der Waals surface area contributed by atoms with Gasteiger partial charge < -0.3 is 4.74 Å². The third-order valence-electron chi connectivity index (χ3n) is 2.87. The summed E-state index contributed by atoms with van der Waals surface area (Å²) in [6.07, 6.45) is 0. The van der Waals surface area contributed by atoms with Crippen LogP contribution in [0.5, 0.6) is 5.75 Å². The summed E-state index contributed by atoms with van der Waals surface area (Å²) in [4.78, 5) is -0.191. The summed E-state index contributed by atoms with van der Waals surface area (Å²) in [5.74, 6) is -0.306. The molecule has 1 N–H and O–H groups in total. The SMILES string of the molecule is Cc1ccc(Cl)cc1NS(=O)(=O)c1ccc(OC(F)F)c(Cl)c1. The first-order chi connectivity index (χ1) is 10.7. The summed E-state index contributed by atoms with van der Waals surface area (Å²) in [6.45, 7) is -1.34. The zero-order chi connectivity index (χ0) is 17.2. The first kappa shape index (κ1) is 17.8. The van der Waals surface area contributed by atoms with Gasteiger partial charge in [0.2, 0.25) is 0 Å². The van der Waals surface area contributed by atoms with E-state index in [-0.39, 0.29) is 15.7 Å². The fourth-order valence-corrected chi connectivity index (χ4v) is 3.36. The van der Waals surface area contributed by atoms with E-state index >= 15 is 0 Å². The number of rotatable bonds is 5. The van der Waals surface area contributed by atoms with Gasteiger partial charge in [0.05, 0.1) is 15.6 Å². The van der Waals surface area contributed by atoms with Crippen molar-refractivity contribution in [1.29, 1.82) is 0 Å². The Labute approximate surface area is 142 Å². The summed E-state index contributed by atoms with van der Waals surface area (Å²) in [7, 11) is -3.96. The monoisotopic (exact) mass is 381 g/mol. The lowest BCUT2D eigenvalue weighted by Gasteiger charge is -2.12. The Kier molecular flexibility index (Phi) is 5.33. The highest BCUT2D eigenvalue weighted by Crippen LogP contribution is 2.30. The average Bonchev–Trinajstić information content (AvgIpc) is 2.44. The predicted molar refractivity (Wildman–Crippen MR) is 85.1 cm³/mol. The minimum Gasteiger partial charge on any atom is -0.433 e. The number of anilines is 1. The molecule has 0 unspecified atom stereocenters.